The van der Waals surface area contributed by atoms with Crippen LogP contribution in [-0.2, 0) is 22.7 Å². The summed E-state index contributed by atoms with van der Waals surface area (Å²) in [5.74, 6) is 0.0259. The van der Waals surface area contributed by atoms with Crippen molar-refractivity contribution in [3.8, 4) is 0 Å². The second-order valence-corrected chi connectivity index (χ2v) is 4.90. The van der Waals surface area contributed by atoms with E-state index in [-0.39, 0.29) is 36.6 Å². The summed E-state index contributed by atoms with van der Waals surface area (Å²) in [6.45, 7) is 2.06. The second kappa shape index (κ2) is 6.34. The third-order valence-electron chi connectivity index (χ3n) is 3.29. The van der Waals surface area contributed by atoms with Crippen molar-refractivity contribution in [1.29, 1.82) is 0 Å². The molecule has 0 aliphatic carbocycles. The number of amides is 2. The van der Waals surface area contributed by atoms with E-state index in [1.807, 2.05) is 6.92 Å². The van der Waals surface area contributed by atoms with Gasteiger partial charge < -0.3 is 14.4 Å². The fraction of sp³-hybridized carbons (Fsp3) is 0.286. The highest BCUT2D eigenvalue weighted by atomic mass is 16.5. The van der Waals surface area contributed by atoms with Crippen molar-refractivity contribution in [2.24, 2.45) is 4.99 Å². The number of hydrogen-bond acceptors (Lipinski definition) is 6. The normalized spacial score (nSPS) is 16.7. The van der Waals surface area contributed by atoms with Crippen molar-refractivity contribution in [2.45, 2.75) is 25.9 Å². The highest BCUT2D eigenvalue weighted by molar-refractivity contribution is 5.96. The van der Waals surface area contributed by atoms with E-state index in [4.69, 9.17) is 4.52 Å². The lowest BCUT2D eigenvalue weighted by Gasteiger charge is -2.05. The van der Waals surface area contributed by atoms with Crippen LogP contribution in [0.4, 0.5) is 0 Å². The molecule has 2 aromatic rings. The fourth-order valence-corrected chi connectivity index (χ4v) is 2.06. The van der Waals surface area contributed by atoms with Gasteiger partial charge in [0.25, 0.3) is 5.91 Å². The van der Waals surface area contributed by atoms with Crippen molar-refractivity contribution < 1.29 is 14.1 Å². The lowest BCUT2D eigenvalue weighted by Crippen LogP contribution is -2.27. The zero-order chi connectivity index (χ0) is 16.2. The summed E-state index contributed by atoms with van der Waals surface area (Å²) in [6.07, 6.45) is 8.06. The molecule has 2 amide bonds. The summed E-state index contributed by atoms with van der Waals surface area (Å²) < 4.78 is 6.76. The van der Waals surface area contributed by atoms with E-state index < -0.39 is 5.92 Å². The number of nitrogens with one attached hydrogen (secondary N) is 1. The molecule has 0 radical (unpaired) electrons. The number of hydrogen-bond donors (Lipinski definition) is 1. The molecule has 9 heteroatoms. The molecule has 1 atom stereocenters. The van der Waals surface area contributed by atoms with Crippen LogP contribution >= 0.6 is 0 Å². The van der Waals surface area contributed by atoms with E-state index in [1.165, 1.54) is 6.21 Å². The molecule has 1 aliphatic rings. The lowest BCUT2D eigenvalue weighted by molar-refractivity contribution is -0.122. The number of aromatic nitrogens is 4. The molecule has 2 aromatic heterocycles. The van der Waals surface area contributed by atoms with E-state index in [1.54, 1.807) is 29.1 Å². The van der Waals surface area contributed by atoms with Crippen molar-refractivity contribution in [2.75, 3.05) is 0 Å². The lowest BCUT2D eigenvalue weighted by atomic mass is 10.1. The standard InChI is InChI=1S/C14H14N6O3/c1-9-15-5-6-20(9)8-11(21)17-7-12-18-13(19-23-12)10-3-2-4-16-14(10)22/h2-6,10H,7-8H2,1H3,(H,17,21). The summed E-state index contributed by atoms with van der Waals surface area (Å²) in [6, 6.07) is 0. The van der Waals surface area contributed by atoms with Crippen LogP contribution in [0.15, 0.2) is 34.1 Å². The van der Waals surface area contributed by atoms with Crippen LogP contribution in [0.2, 0.25) is 0 Å². The molecule has 0 bridgehead atoms. The van der Waals surface area contributed by atoms with Crippen LogP contribution in [0, 0.1) is 6.92 Å². The van der Waals surface area contributed by atoms with Gasteiger partial charge in [0.1, 0.15) is 18.3 Å². The molecule has 118 valence electrons. The first-order valence-corrected chi connectivity index (χ1v) is 6.95. The van der Waals surface area contributed by atoms with Crippen molar-refractivity contribution >= 4 is 18.0 Å². The summed E-state index contributed by atoms with van der Waals surface area (Å²) in [7, 11) is 0. The second-order valence-electron chi connectivity index (χ2n) is 4.90. The number of rotatable bonds is 5. The monoisotopic (exact) mass is 314 g/mol. The first-order chi connectivity index (χ1) is 11.1. The molecule has 0 saturated heterocycles. The van der Waals surface area contributed by atoms with E-state index in [9.17, 15) is 9.59 Å². The Bertz CT molecular complexity index is 788. The molecule has 1 aliphatic heterocycles. The number of aryl methyl sites for hydroxylation is 1. The minimum Gasteiger partial charge on any atom is -0.345 e. The average molecular weight is 314 g/mol. The first-order valence-electron chi connectivity index (χ1n) is 6.95. The predicted octanol–water partition coefficient (Wildman–Crippen LogP) is 0.142. The minimum absolute atomic E-state index is 0.0907. The summed E-state index contributed by atoms with van der Waals surface area (Å²) in [5, 5.41) is 6.44. The van der Waals surface area contributed by atoms with Crippen LogP contribution < -0.4 is 5.32 Å². The van der Waals surface area contributed by atoms with Crippen molar-refractivity contribution in [3.05, 3.63) is 42.1 Å². The van der Waals surface area contributed by atoms with Gasteiger partial charge >= 0.3 is 0 Å². The maximum atomic E-state index is 11.9. The zero-order valence-corrected chi connectivity index (χ0v) is 12.3. The Morgan fingerprint density at radius 3 is 3.09 bits per heavy atom. The van der Waals surface area contributed by atoms with E-state index in [2.05, 4.69) is 25.4 Å². The van der Waals surface area contributed by atoms with Gasteiger partial charge in [0, 0.05) is 18.6 Å². The number of aliphatic imine (C=N–C) groups is 1. The molecule has 3 heterocycles. The van der Waals surface area contributed by atoms with Gasteiger partial charge in [-0.1, -0.05) is 11.2 Å². The summed E-state index contributed by atoms with van der Waals surface area (Å²) >= 11 is 0. The SMILES string of the molecule is Cc1nccn1CC(=O)NCc1nc(C2C=CC=NC2=O)no1. The number of carbonyl (C=O) groups excluding carboxylic acids is 2. The van der Waals surface area contributed by atoms with Crippen LogP contribution in [0.3, 0.4) is 0 Å². The van der Waals surface area contributed by atoms with Crippen LogP contribution in [0.25, 0.3) is 0 Å². The van der Waals surface area contributed by atoms with Gasteiger partial charge in [-0.25, -0.2) is 9.98 Å². The zero-order valence-electron chi connectivity index (χ0n) is 12.3. The smallest absolute Gasteiger partial charge is 0.260 e. The van der Waals surface area contributed by atoms with Gasteiger partial charge in [-0.05, 0) is 13.0 Å². The Morgan fingerprint density at radius 1 is 1.48 bits per heavy atom. The molecular formula is C14H14N6O3. The number of imidazole rings is 1. The van der Waals surface area contributed by atoms with Crippen LogP contribution in [0.5, 0.6) is 0 Å². The summed E-state index contributed by atoms with van der Waals surface area (Å²) in [4.78, 5) is 35.3. The first kappa shape index (κ1) is 14.8. The Labute approximate surface area is 131 Å². The Morgan fingerprint density at radius 2 is 2.35 bits per heavy atom. The number of dihydropyridines is 1. The van der Waals surface area contributed by atoms with Crippen molar-refractivity contribution in [3.63, 3.8) is 0 Å². The molecule has 1 N–H and O–H groups in total. The van der Waals surface area contributed by atoms with Crippen molar-refractivity contribution in [1.82, 2.24) is 25.0 Å². The third-order valence-corrected chi connectivity index (χ3v) is 3.29. The minimum atomic E-state index is -0.637. The van der Waals surface area contributed by atoms with Crippen LogP contribution in [-0.4, -0.2) is 37.7 Å². The number of nitrogens with zero attached hydrogens (tertiary/aromatic N) is 5. The van der Waals surface area contributed by atoms with E-state index in [0.29, 0.717) is 0 Å². The quantitative estimate of drug-likeness (QED) is 0.839. The maximum absolute atomic E-state index is 11.9. The Hall–Kier alpha value is -3.10. The van der Waals surface area contributed by atoms with Gasteiger partial charge in [0.15, 0.2) is 5.82 Å². The highest BCUT2D eigenvalue weighted by Gasteiger charge is 2.24. The molecule has 0 saturated carbocycles. The summed E-state index contributed by atoms with van der Waals surface area (Å²) in [5.41, 5.74) is 0. The molecular weight excluding hydrogens is 300 g/mol. The molecule has 3 rings (SSSR count). The van der Waals surface area contributed by atoms with Crippen LogP contribution in [0.1, 0.15) is 23.5 Å². The molecule has 1 unspecified atom stereocenters. The fourth-order valence-electron chi connectivity index (χ4n) is 2.06. The Balaban J connectivity index is 1.56. The number of carbonyl (C=O) groups is 2. The molecule has 0 spiro atoms. The molecule has 0 fully saturated rings. The average Bonchev–Trinajstić information content (AvgIpc) is 3.16. The van der Waals surface area contributed by atoms with Gasteiger partial charge in [-0.3, -0.25) is 9.59 Å². The van der Waals surface area contributed by atoms with E-state index in [0.717, 1.165) is 5.82 Å². The maximum Gasteiger partial charge on any atom is 0.260 e. The Kier molecular flexibility index (Phi) is 4.09. The van der Waals surface area contributed by atoms with Gasteiger partial charge in [-0.15, -0.1) is 0 Å². The highest BCUT2D eigenvalue weighted by Crippen LogP contribution is 2.17. The molecule has 0 aromatic carbocycles. The molecule has 9 nitrogen and oxygen atoms in total. The number of allylic oxidation sites excluding steroid dienone is 1. The largest absolute Gasteiger partial charge is 0.345 e. The van der Waals surface area contributed by atoms with E-state index >= 15 is 0 Å². The third kappa shape index (κ3) is 3.39. The van der Waals surface area contributed by atoms with Gasteiger partial charge in [-0.2, -0.15) is 4.98 Å². The molecule has 23 heavy (non-hydrogen) atoms. The van der Waals surface area contributed by atoms with Gasteiger partial charge in [0.2, 0.25) is 11.8 Å². The predicted molar refractivity (Wildman–Crippen MR) is 78.5 cm³/mol. The van der Waals surface area contributed by atoms with Gasteiger partial charge in [0.05, 0.1) is 6.54 Å². The topological polar surface area (TPSA) is 115 Å².